The Balaban J connectivity index is 1.29. The third kappa shape index (κ3) is 7.35. The second-order valence-electron chi connectivity index (χ2n) is 11.6. The van der Waals surface area contributed by atoms with Crippen molar-refractivity contribution >= 4 is 23.1 Å². The van der Waals surface area contributed by atoms with Crippen LogP contribution in [0, 0.1) is 30.1 Å². The number of unbranched alkanes of at least 4 members (excludes halogenated alkanes) is 1. The van der Waals surface area contributed by atoms with Crippen LogP contribution in [0.4, 0.5) is 4.79 Å². The zero-order valence-electron chi connectivity index (χ0n) is 22.8. The molecular formula is C29H38N4O5. The van der Waals surface area contributed by atoms with Crippen molar-refractivity contribution in [3.63, 3.8) is 0 Å². The summed E-state index contributed by atoms with van der Waals surface area (Å²) in [4.78, 5) is 33.1. The van der Waals surface area contributed by atoms with Crippen LogP contribution in [-0.4, -0.2) is 58.0 Å². The fraction of sp³-hybridized carbons (Fsp3) is 0.586. The maximum atomic E-state index is 12.2. The maximum Gasteiger partial charge on any atom is 0.408 e. The molecule has 2 aliphatic rings. The van der Waals surface area contributed by atoms with Crippen LogP contribution in [0.1, 0.15) is 71.1 Å². The second kappa shape index (κ2) is 11.6. The van der Waals surface area contributed by atoms with Crippen molar-refractivity contribution in [2.24, 2.45) is 11.3 Å². The Kier molecular flexibility index (Phi) is 8.41. The average molecular weight is 523 g/mol. The Bertz CT molecular complexity index is 1250. The number of fused-ring (bicyclic) bond motifs is 1. The molecule has 204 valence electrons. The van der Waals surface area contributed by atoms with E-state index in [4.69, 9.17) is 19.4 Å². The number of carboxylic acid groups (broad SMARTS) is 1. The first kappa shape index (κ1) is 27.6. The van der Waals surface area contributed by atoms with E-state index in [1.165, 1.54) is 0 Å². The van der Waals surface area contributed by atoms with Gasteiger partial charge in [-0.2, -0.15) is 0 Å². The van der Waals surface area contributed by atoms with Crippen molar-refractivity contribution in [2.75, 3.05) is 6.54 Å². The van der Waals surface area contributed by atoms with Crippen LogP contribution < -0.4 is 15.4 Å². The van der Waals surface area contributed by atoms with Gasteiger partial charge in [0.2, 0.25) is 5.88 Å². The van der Waals surface area contributed by atoms with Gasteiger partial charge < -0.3 is 25.2 Å². The Morgan fingerprint density at radius 3 is 2.71 bits per heavy atom. The van der Waals surface area contributed by atoms with E-state index in [1.54, 1.807) is 20.8 Å². The number of carbonyl (C=O) groups excluding carboxylic acids is 1. The summed E-state index contributed by atoms with van der Waals surface area (Å²) in [6.45, 7) is 10.2. The van der Waals surface area contributed by atoms with Gasteiger partial charge in [0.15, 0.2) is 5.69 Å². The number of ether oxygens (including phenoxy) is 2. The molecule has 1 aliphatic carbocycles. The molecule has 1 aliphatic heterocycles. The number of hydrogen-bond acceptors (Lipinski definition) is 7. The summed E-state index contributed by atoms with van der Waals surface area (Å²) < 4.78 is 11.6. The second-order valence-corrected chi connectivity index (χ2v) is 11.6. The molecule has 1 unspecified atom stereocenters. The van der Waals surface area contributed by atoms with Gasteiger partial charge in [-0.25, -0.2) is 19.6 Å². The lowest BCUT2D eigenvalue weighted by Crippen LogP contribution is -2.49. The molecule has 1 aromatic heterocycles. The van der Waals surface area contributed by atoms with E-state index in [9.17, 15) is 14.7 Å². The highest BCUT2D eigenvalue weighted by Crippen LogP contribution is 2.38. The minimum absolute atomic E-state index is 0.0419. The van der Waals surface area contributed by atoms with Gasteiger partial charge in [-0.1, -0.05) is 32.8 Å². The van der Waals surface area contributed by atoms with E-state index in [0.717, 1.165) is 48.8 Å². The normalized spacial score (nSPS) is 23.3. The van der Waals surface area contributed by atoms with Gasteiger partial charge in [-0.15, -0.1) is 0 Å². The molecule has 1 saturated carbocycles. The molecule has 1 aromatic carbocycles. The lowest BCUT2D eigenvalue weighted by molar-refractivity contribution is -0.142. The summed E-state index contributed by atoms with van der Waals surface area (Å²) in [6.07, 6.45) is 3.31. The number of nitrogens with zero attached hydrogens (tertiary/aromatic N) is 2. The van der Waals surface area contributed by atoms with Gasteiger partial charge in [0.05, 0.1) is 11.0 Å². The molecule has 38 heavy (non-hydrogen) atoms. The van der Waals surface area contributed by atoms with Gasteiger partial charge in [0, 0.05) is 25.4 Å². The Morgan fingerprint density at radius 1 is 1.24 bits per heavy atom. The van der Waals surface area contributed by atoms with E-state index < -0.39 is 23.5 Å². The molecule has 2 fully saturated rings. The first-order valence-corrected chi connectivity index (χ1v) is 13.4. The fourth-order valence-corrected chi connectivity index (χ4v) is 4.66. The fourth-order valence-electron chi connectivity index (χ4n) is 4.66. The predicted molar refractivity (Wildman–Crippen MR) is 144 cm³/mol. The summed E-state index contributed by atoms with van der Waals surface area (Å²) in [5, 5.41) is 15.2. The topological polar surface area (TPSA) is 123 Å². The van der Waals surface area contributed by atoms with Crippen LogP contribution in [0.25, 0.3) is 11.0 Å². The van der Waals surface area contributed by atoms with Crippen molar-refractivity contribution in [3.05, 3.63) is 29.5 Å². The summed E-state index contributed by atoms with van der Waals surface area (Å²) in [5.74, 6) is 6.06. The van der Waals surface area contributed by atoms with Crippen LogP contribution in [0.15, 0.2) is 18.2 Å². The smallest absolute Gasteiger partial charge is 0.408 e. The quantitative estimate of drug-likeness (QED) is 0.348. The molecule has 5 atom stereocenters. The number of amides is 1. The highest BCUT2D eigenvalue weighted by atomic mass is 16.6. The van der Waals surface area contributed by atoms with E-state index >= 15 is 0 Å². The van der Waals surface area contributed by atoms with Crippen LogP contribution in [0.5, 0.6) is 5.88 Å². The average Bonchev–Trinajstić information content (AvgIpc) is 3.43. The SMILES string of the molecule is Cc1ccc2nc(C#CCCC[C@@H]3C[C@H]3OC(=O)N[C@H](C(=O)O)C(C)(C)C)c(OC3CN[C@H](C)C3)nc2c1. The molecule has 3 N–H and O–H groups in total. The van der Waals surface area contributed by atoms with Gasteiger partial charge in [-0.05, 0) is 68.1 Å². The molecule has 0 bridgehead atoms. The highest BCUT2D eigenvalue weighted by Gasteiger charge is 2.41. The number of benzene rings is 1. The molecule has 2 aromatic rings. The number of carboxylic acids is 1. The molecule has 0 radical (unpaired) electrons. The number of carbonyl (C=O) groups is 2. The largest absolute Gasteiger partial charge is 0.480 e. The van der Waals surface area contributed by atoms with Crippen molar-refractivity contribution in [1.82, 2.24) is 20.6 Å². The van der Waals surface area contributed by atoms with E-state index in [0.29, 0.717) is 24.0 Å². The standard InChI is InChI=1S/C29H38N4O5/c1-17-11-12-21-23(13-17)32-26(37-20-14-18(2)30-16-20)22(31-21)10-8-6-7-9-19-15-24(19)38-28(36)33-25(27(34)35)29(3,4)5/h11-13,18-20,24-25,30H,6-7,9,14-16H2,1-5H3,(H,33,36)(H,34,35)/t18-,19-,20?,24-,25-/m1/s1. The minimum Gasteiger partial charge on any atom is -0.480 e. The van der Waals surface area contributed by atoms with Crippen molar-refractivity contribution in [3.8, 4) is 17.7 Å². The number of nitrogens with one attached hydrogen (secondary N) is 2. The number of aliphatic carboxylic acids is 1. The van der Waals surface area contributed by atoms with Gasteiger partial charge >= 0.3 is 12.1 Å². The van der Waals surface area contributed by atoms with Crippen LogP contribution >= 0.6 is 0 Å². The summed E-state index contributed by atoms with van der Waals surface area (Å²) in [6, 6.07) is 5.36. The van der Waals surface area contributed by atoms with Gasteiger partial charge in [0.25, 0.3) is 0 Å². The summed E-state index contributed by atoms with van der Waals surface area (Å²) in [5.41, 5.74) is 2.64. The molecular weight excluding hydrogens is 484 g/mol. The van der Waals surface area contributed by atoms with E-state index in [1.807, 2.05) is 25.1 Å². The minimum atomic E-state index is -1.07. The lowest BCUT2D eigenvalue weighted by Gasteiger charge is -2.27. The monoisotopic (exact) mass is 522 g/mol. The van der Waals surface area contributed by atoms with Crippen molar-refractivity contribution < 1.29 is 24.2 Å². The van der Waals surface area contributed by atoms with E-state index in [-0.39, 0.29) is 18.1 Å². The maximum absolute atomic E-state index is 12.2. The first-order valence-electron chi connectivity index (χ1n) is 13.4. The van der Waals surface area contributed by atoms with Crippen LogP contribution in [-0.2, 0) is 9.53 Å². The number of hydrogen-bond donors (Lipinski definition) is 3. The Hall–Kier alpha value is -3.38. The number of rotatable bonds is 8. The number of aryl methyl sites for hydroxylation is 1. The molecule has 1 amide bonds. The van der Waals surface area contributed by atoms with Crippen molar-refractivity contribution in [1.29, 1.82) is 0 Å². The summed E-state index contributed by atoms with van der Waals surface area (Å²) in [7, 11) is 0. The third-order valence-electron chi connectivity index (χ3n) is 6.95. The number of alkyl carbamates (subject to hydrolysis) is 1. The Morgan fingerprint density at radius 2 is 2.03 bits per heavy atom. The summed E-state index contributed by atoms with van der Waals surface area (Å²) >= 11 is 0. The van der Waals surface area contributed by atoms with Crippen LogP contribution in [0.2, 0.25) is 0 Å². The predicted octanol–water partition coefficient (Wildman–Crippen LogP) is 4.20. The zero-order chi connectivity index (χ0) is 27.4. The van der Waals surface area contributed by atoms with Crippen molar-refractivity contribution in [2.45, 2.75) is 91.0 Å². The molecule has 4 rings (SSSR count). The number of aromatic nitrogens is 2. The lowest BCUT2D eigenvalue weighted by atomic mass is 9.87. The highest BCUT2D eigenvalue weighted by molar-refractivity contribution is 5.80. The van der Waals surface area contributed by atoms with Gasteiger partial charge in [-0.3, -0.25) is 0 Å². The molecule has 9 heteroatoms. The third-order valence-corrected chi connectivity index (χ3v) is 6.95. The molecule has 2 heterocycles. The Labute approximate surface area is 224 Å². The molecule has 1 saturated heterocycles. The molecule has 0 spiro atoms. The zero-order valence-corrected chi connectivity index (χ0v) is 22.8. The van der Waals surface area contributed by atoms with Crippen LogP contribution in [0.3, 0.4) is 0 Å². The van der Waals surface area contributed by atoms with E-state index in [2.05, 4.69) is 29.4 Å². The van der Waals surface area contributed by atoms with Gasteiger partial charge in [0.1, 0.15) is 18.2 Å². The molecule has 9 nitrogen and oxygen atoms in total. The first-order chi connectivity index (χ1) is 18.0.